The Labute approximate surface area is 194 Å². The van der Waals surface area contributed by atoms with Gasteiger partial charge in [0, 0.05) is 19.5 Å². The highest BCUT2D eigenvalue weighted by atomic mass is 32.2. The van der Waals surface area contributed by atoms with Gasteiger partial charge in [0.1, 0.15) is 5.82 Å². The molecule has 4 rings (SSSR count). The van der Waals surface area contributed by atoms with Crippen molar-refractivity contribution in [3.05, 3.63) is 71.8 Å². The number of hydrogen-bond acceptors (Lipinski definition) is 5. The Balaban J connectivity index is 1.64. The quantitative estimate of drug-likeness (QED) is 0.599. The minimum Gasteiger partial charge on any atom is -0.336 e. The molecule has 33 heavy (non-hydrogen) atoms. The molecule has 0 unspecified atom stereocenters. The molecule has 0 spiro atoms. The fourth-order valence-electron chi connectivity index (χ4n) is 4.22. The normalized spacial score (nSPS) is 15.2. The first-order valence-corrected chi connectivity index (χ1v) is 12.7. The largest absolute Gasteiger partial charge is 0.336 e. The van der Waals surface area contributed by atoms with Crippen molar-refractivity contribution in [2.45, 2.75) is 38.0 Å². The van der Waals surface area contributed by atoms with E-state index in [1.807, 2.05) is 35.2 Å². The SMILES string of the molecule is CC(C)C1CCN(C(=O)c2nc(Cc3ccccc3)n(-c3ccc(S(N)(=O)=O)cc3)n2)CC1. The zero-order valence-electron chi connectivity index (χ0n) is 18.9. The Morgan fingerprint density at radius 2 is 1.70 bits per heavy atom. The minimum atomic E-state index is -3.80. The van der Waals surface area contributed by atoms with Gasteiger partial charge < -0.3 is 4.90 Å². The van der Waals surface area contributed by atoms with E-state index in [1.165, 1.54) is 12.1 Å². The molecule has 1 fully saturated rings. The van der Waals surface area contributed by atoms with E-state index < -0.39 is 10.0 Å². The molecule has 1 aliphatic heterocycles. The molecule has 1 aromatic heterocycles. The van der Waals surface area contributed by atoms with Crippen LogP contribution in [0, 0.1) is 11.8 Å². The van der Waals surface area contributed by atoms with Crippen LogP contribution < -0.4 is 5.14 Å². The first kappa shape index (κ1) is 23.1. The molecule has 174 valence electrons. The second-order valence-corrected chi connectivity index (χ2v) is 10.4. The number of nitrogens with two attached hydrogens (primary N) is 1. The molecule has 0 atom stereocenters. The molecular formula is C24H29N5O3S. The number of carbonyl (C=O) groups excluding carboxylic acids is 1. The highest BCUT2D eigenvalue weighted by Crippen LogP contribution is 2.25. The Morgan fingerprint density at radius 1 is 1.06 bits per heavy atom. The van der Waals surface area contributed by atoms with Gasteiger partial charge in [-0.05, 0) is 54.5 Å². The van der Waals surface area contributed by atoms with Crippen LogP contribution in [-0.4, -0.2) is 47.1 Å². The molecule has 2 heterocycles. The smallest absolute Gasteiger partial charge is 0.293 e. The van der Waals surface area contributed by atoms with Crippen molar-refractivity contribution in [3.8, 4) is 5.69 Å². The van der Waals surface area contributed by atoms with Crippen molar-refractivity contribution in [1.29, 1.82) is 0 Å². The number of rotatable bonds is 6. The molecule has 9 heteroatoms. The van der Waals surface area contributed by atoms with E-state index in [0.717, 1.165) is 18.4 Å². The second-order valence-electron chi connectivity index (χ2n) is 8.84. The van der Waals surface area contributed by atoms with E-state index in [2.05, 4.69) is 23.9 Å². The Hall–Kier alpha value is -3.04. The number of aromatic nitrogens is 3. The van der Waals surface area contributed by atoms with E-state index >= 15 is 0 Å². The summed E-state index contributed by atoms with van der Waals surface area (Å²) in [5, 5.41) is 9.75. The Morgan fingerprint density at radius 3 is 2.27 bits per heavy atom. The number of sulfonamides is 1. The zero-order valence-corrected chi connectivity index (χ0v) is 19.7. The lowest BCUT2D eigenvalue weighted by Crippen LogP contribution is -2.40. The molecule has 0 bridgehead atoms. The second kappa shape index (κ2) is 9.44. The van der Waals surface area contributed by atoms with Crippen LogP contribution in [0.5, 0.6) is 0 Å². The molecule has 2 N–H and O–H groups in total. The van der Waals surface area contributed by atoms with Gasteiger partial charge in [0.25, 0.3) is 5.91 Å². The van der Waals surface area contributed by atoms with E-state index in [0.29, 0.717) is 42.9 Å². The summed E-state index contributed by atoms with van der Waals surface area (Å²) >= 11 is 0. The minimum absolute atomic E-state index is 0.0142. The van der Waals surface area contributed by atoms with Gasteiger partial charge >= 0.3 is 0 Å². The number of nitrogens with zero attached hydrogens (tertiary/aromatic N) is 4. The molecule has 3 aromatic rings. The van der Waals surface area contributed by atoms with Crippen molar-refractivity contribution in [2.75, 3.05) is 13.1 Å². The summed E-state index contributed by atoms with van der Waals surface area (Å²) in [6, 6.07) is 15.9. The predicted molar refractivity (Wildman–Crippen MR) is 125 cm³/mol. The molecule has 1 aliphatic rings. The van der Waals surface area contributed by atoms with Gasteiger partial charge in [-0.1, -0.05) is 44.2 Å². The van der Waals surface area contributed by atoms with Gasteiger partial charge in [0.05, 0.1) is 10.6 Å². The third kappa shape index (κ3) is 5.31. The Bertz CT molecular complexity index is 1210. The van der Waals surface area contributed by atoms with Crippen molar-refractivity contribution < 1.29 is 13.2 Å². The van der Waals surface area contributed by atoms with Crippen molar-refractivity contribution >= 4 is 15.9 Å². The fourth-order valence-corrected chi connectivity index (χ4v) is 4.74. The molecular weight excluding hydrogens is 438 g/mol. The van der Waals surface area contributed by atoms with Crippen LogP contribution >= 0.6 is 0 Å². The van der Waals surface area contributed by atoms with Gasteiger partial charge in [-0.15, -0.1) is 5.10 Å². The number of amides is 1. The summed E-state index contributed by atoms with van der Waals surface area (Å²) in [5.41, 5.74) is 1.64. The zero-order chi connectivity index (χ0) is 23.6. The van der Waals surface area contributed by atoms with E-state index in [9.17, 15) is 13.2 Å². The Kier molecular flexibility index (Phi) is 6.62. The standard InChI is InChI=1S/C24H29N5O3S/c1-17(2)19-12-14-28(15-13-19)24(30)23-26-22(16-18-6-4-3-5-7-18)29(27-23)20-8-10-21(11-9-20)33(25,31)32/h3-11,17,19H,12-16H2,1-2H3,(H2,25,31,32). The molecule has 0 aliphatic carbocycles. The fraction of sp³-hybridized carbons (Fsp3) is 0.375. The molecule has 0 radical (unpaired) electrons. The molecule has 0 saturated carbocycles. The van der Waals surface area contributed by atoms with Gasteiger partial charge in [-0.25, -0.2) is 23.2 Å². The van der Waals surface area contributed by atoms with Gasteiger partial charge in [0.15, 0.2) is 0 Å². The average molecular weight is 468 g/mol. The first-order chi connectivity index (χ1) is 15.7. The van der Waals surface area contributed by atoms with Crippen molar-refractivity contribution in [3.63, 3.8) is 0 Å². The lowest BCUT2D eigenvalue weighted by atomic mass is 9.87. The molecule has 2 aromatic carbocycles. The maximum absolute atomic E-state index is 13.2. The molecule has 1 saturated heterocycles. The highest BCUT2D eigenvalue weighted by molar-refractivity contribution is 7.89. The number of primary sulfonamides is 1. The van der Waals surface area contributed by atoms with E-state index in [4.69, 9.17) is 5.14 Å². The maximum Gasteiger partial charge on any atom is 0.293 e. The summed E-state index contributed by atoms with van der Waals surface area (Å²) in [7, 11) is -3.80. The third-order valence-electron chi connectivity index (χ3n) is 6.25. The number of carbonyl (C=O) groups is 1. The van der Waals surface area contributed by atoms with E-state index in [-0.39, 0.29) is 16.6 Å². The molecule has 1 amide bonds. The van der Waals surface area contributed by atoms with Gasteiger partial charge in [0.2, 0.25) is 15.8 Å². The predicted octanol–water partition coefficient (Wildman–Crippen LogP) is 3.01. The number of hydrogen-bond donors (Lipinski definition) is 1. The van der Waals surface area contributed by atoms with Crippen LogP contribution in [-0.2, 0) is 16.4 Å². The average Bonchev–Trinajstić information content (AvgIpc) is 3.22. The molecule has 8 nitrogen and oxygen atoms in total. The summed E-state index contributed by atoms with van der Waals surface area (Å²) in [6.45, 7) is 5.85. The first-order valence-electron chi connectivity index (χ1n) is 11.1. The highest BCUT2D eigenvalue weighted by Gasteiger charge is 2.28. The number of benzene rings is 2. The van der Waals surface area contributed by atoms with Crippen molar-refractivity contribution in [2.24, 2.45) is 17.0 Å². The van der Waals surface area contributed by atoms with E-state index in [1.54, 1.807) is 16.8 Å². The number of piperidine rings is 1. The summed E-state index contributed by atoms with van der Waals surface area (Å²) in [5.74, 6) is 1.82. The van der Waals surface area contributed by atoms with Gasteiger partial charge in [-0.3, -0.25) is 4.79 Å². The van der Waals surface area contributed by atoms with Crippen LogP contribution in [0.4, 0.5) is 0 Å². The van der Waals surface area contributed by atoms with Crippen LogP contribution in [0.1, 0.15) is 48.7 Å². The van der Waals surface area contributed by atoms with Crippen LogP contribution in [0.3, 0.4) is 0 Å². The lowest BCUT2D eigenvalue weighted by Gasteiger charge is -2.33. The lowest BCUT2D eigenvalue weighted by molar-refractivity contribution is 0.0655. The summed E-state index contributed by atoms with van der Waals surface area (Å²) < 4.78 is 24.8. The third-order valence-corrected chi connectivity index (χ3v) is 7.18. The maximum atomic E-state index is 13.2. The van der Waals surface area contributed by atoms with Crippen molar-refractivity contribution in [1.82, 2.24) is 19.7 Å². The summed E-state index contributed by atoms with van der Waals surface area (Å²) in [6.07, 6.45) is 2.44. The monoisotopic (exact) mass is 467 g/mol. The van der Waals surface area contributed by atoms with Crippen LogP contribution in [0.2, 0.25) is 0 Å². The van der Waals surface area contributed by atoms with Gasteiger partial charge in [-0.2, -0.15) is 0 Å². The summed E-state index contributed by atoms with van der Waals surface area (Å²) in [4.78, 5) is 19.6. The van der Waals surface area contributed by atoms with Crippen LogP contribution in [0.15, 0.2) is 59.5 Å². The number of likely N-dealkylation sites (tertiary alicyclic amines) is 1. The van der Waals surface area contributed by atoms with Crippen LogP contribution in [0.25, 0.3) is 5.69 Å². The topological polar surface area (TPSA) is 111 Å².